The SMILES string of the molecule is CCCC1=C2[C@@H](CC/C(=C/c3cc(I)c(O)c(OC)c3)CC)OC[C@@H]2[C@@H]2C(=O)N(c3cc(C(F)(F)F)cc(C(F)(F)F)c3)C(=O)[C@@H]2C1. The molecule has 0 unspecified atom stereocenters. The summed E-state index contributed by atoms with van der Waals surface area (Å²) in [6, 6.07) is 4.43. The first-order valence-corrected chi connectivity index (χ1v) is 16.4. The number of phenols is 1. The molecule has 4 atom stereocenters. The van der Waals surface area contributed by atoms with Gasteiger partial charge in [0.1, 0.15) is 0 Å². The number of alkyl halides is 6. The number of hydrogen-bond donors (Lipinski definition) is 1. The number of imide groups is 1. The van der Waals surface area contributed by atoms with E-state index in [9.17, 15) is 41.0 Å². The van der Waals surface area contributed by atoms with Gasteiger partial charge in [0, 0.05) is 5.92 Å². The maximum atomic E-state index is 13.8. The molecular weight excluding hydrogens is 743 g/mol. The molecule has 0 radical (unpaired) electrons. The summed E-state index contributed by atoms with van der Waals surface area (Å²) >= 11 is 2.03. The monoisotopic (exact) mass is 777 g/mol. The van der Waals surface area contributed by atoms with Crippen molar-refractivity contribution in [1.82, 2.24) is 0 Å². The summed E-state index contributed by atoms with van der Waals surface area (Å²) in [7, 11) is 1.48. The minimum absolute atomic E-state index is 0.0199. The summed E-state index contributed by atoms with van der Waals surface area (Å²) in [5, 5.41) is 10.2. The van der Waals surface area contributed by atoms with Gasteiger partial charge in [-0.3, -0.25) is 9.59 Å². The number of nitrogens with zero attached hydrogens (tertiary/aromatic N) is 1. The van der Waals surface area contributed by atoms with E-state index in [-0.39, 0.29) is 30.9 Å². The largest absolute Gasteiger partial charge is 0.504 e. The van der Waals surface area contributed by atoms with E-state index in [4.69, 9.17) is 9.47 Å². The van der Waals surface area contributed by atoms with Crippen molar-refractivity contribution >= 4 is 46.2 Å². The molecule has 47 heavy (non-hydrogen) atoms. The predicted molar refractivity (Wildman–Crippen MR) is 171 cm³/mol. The molecule has 254 valence electrons. The van der Waals surface area contributed by atoms with Crippen LogP contribution in [0.1, 0.15) is 69.1 Å². The number of fused-ring (bicyclic) bond motifs is 3. The van der Waals surface area contributed by atoms with Crippen LogP contribution in [0.4, 0.5) is 32.0 Å². The van der Waals surface area contributed by atoms with Crippen molar-refractivity contribution in [3.63, 3.8) is 0 Å². The molecule has 2 saturated heterocycles. The molecule has 1 N–H and O–H groups in total. The number of phenolic OH excluding ortho intramolecular Hbond substituents is 1. The number of methoxy groups -OCH3 is 1. The van der Waals surface area contributed by atoms with Crippen LogP contribution in [0, 0.1) is 21.3 Å². The zero-order chi connectivity index (χ0) is 34.4. The van der Waals surface area contributed by atoms with Gasteiger partial charge in [0.2, 0.25) is 11.8 Å². The Morgan fingerprint density at radius 2 is 1.68 bits per heavy atom. The summed E-state index contributed by atoms with van der Waals surface area (Å²) < 4.78 is 93.8. The van der Waals surface area contributed by atoms with Crippen molar-refractivity contribution in [1.29, 1.82) is 0 Å². The molecule has 0 aromatic heterocycles. The molecule has 2 heterocycles. The third-order valence-corrected chi connectivity index (χ3v) is 10.0. The zero-order valence-electron chi connectivity index (χ0n) is 25.9. The lowest BCUT2D eigenvalue weighted by molar-refractivity contribution is -0.143. The Balaban J connectivity index is 1.43. The van der Waals surface area contributed by atoms with E-state index in [2.05, 4.69) is 0 Å². The third kappa shape index (κ3) is 6.92. The summed E-state index contributed by atoms with van der Waals surface area (Å²) in [6.07, 6.45) is -5.05. The second-order valence-corrected chi connectivity index (χ2v) is 13.3. The van der Waals surface area contributed by atoms with Crippen molar-refractivity contribution in [2.75, 3.05) is 18.6 Å². The quantitative estimate of drug-likeness (QED) is 0.119. The molecule has 6 nitrogen and oxygen atoms in total. The van der Waals surface area contributed by atoms with Gasteiger partial charge in [-0.25, -0.2) is 4.90 Å². The Hall–Kier alpha value is -3.07. The Bertz CT molecular complexity index is 1600. The number of halogens is 7. The molecule has 2 aromatic carbocycles. The van der Waals surface area contributed by atoms with Gasteiger partial charge in [-0.2, -0.15) is 26.3 Å². The number of amides is 2. The number of carbonyl (C=O) groups excluding carboxylic acids is 2. The molecule has 0 bridgehead atoms. The first kappa shape index (κ1) is 35.2. The maximum absolute atomic E-state index is 13.8. The highest BCUT2D eigenvalue weighted by molar-refractivity contribution is 14.1. The summed E-state index contributed by atoms with van der Waals surface area (Å²) in [6.45, 7) is 4.12. The minimum atomic E-state index is -5.12. The highest BCUT2D eigenvalue weighted by Crippen LogP contribution is 2.52. The van der Waals surface area contributed by atoms with Gasteiger partial charge >= 0.3 is 12.4 Å². The van der Waals surface area contributed by atoms with Crippen molar-refractivity contribution in [2.45, 2.75) is 70.8 Å². The van der Waals surface area contributed by atoms with E-state index >= 15 is 0 Å². The first-order chi connectivity index (χ1) is 22.1. The second kappa shape index (κ2) is 13.4. The van der Waals surface area contributed by atoms with Gasteiger partial charge < -0.3 is 14.6 Å². The van der Waals surface area contributed by atoms with E-state index in [0.29, 0.717) is 45.6 Å². The van der Waals surface area contributed by atoms with Gasteiger partial charge in [0.15, 0.2) is 11.5 Å². The van der Waals surface area contributed by atoms with Crippen LogP contribution in [0.2, 0.25) is 0 Å². The average Bonchev–Trinajstić information content (AvgIpc) is 3.54. The highest BCUT2D eigenvalue weighted by atomic mass is 127. The van der Waals surface area contributed by atoms with Crippen LogP contribution in [0.25, 0.3) is 6.08 Å². The Kier molecular flexibility index (Phi) is 10.1. The number of ether oxygens (including phenoxy) is 2. The van der Waals surface area contributed by atoms with Crippen molar-refractivity contribution in [3.8, 4) is 11.5 Å². The molecule has 2 aromatic rings. The van der Waals surface area contributed by atoms with Gasteiger partial charge in [0.25, 0.3) is 0 Å². The lowest BCUT2D eigenvalue weighted by atomic mass is 9.68. The van der Waals surface area contributed by atoms with Crippen LogP contribution in [0.15, 0.2) is 47.1 Å². The molecule has 3 aliphatic rings. The normalized spacial score (nSPS) is 23.4. The Morgan fingerprint density at radius 1 is 1.02 bits per heavy atom. The average molecular weight is 778 g/mol. The van der Waals surface area contributed by atoms with E-state index in [1.807, 2.05) is 48.6 Å². The fraction of sp³-hybridized carbons (Fsp3) is 0.471. The third-order valence-electron chi connectivity index (χ3n) is 9.21. The zero-order valence-corrected chi connectivity index (χ0v) is 28.1. The lowest BCUT2D eigenvalue weighted by Gasteiger charge is -2.32. The number of hydrogen-bond acceptors (Lipinski definition) is 5. The summed E-state index contributed by atoms with van der Waals surface area (Å²) in [4.78, 5) is 28.0. The number of aromatic hydroxyl groups is 1. The van der Waals surface area contributed by atoms with Gasteiger partial charge in [-0.05, 0) is 96.2 Å². The maximum Gasteiger partial charge on any atom is 0.416 e. The highest BCUT2D eigenvalue weighted by Gasteiger charge is 2.57. The van der Waals surface area contributed by atoms with Crippen LogP contribution in [-0.4, -0.2) is 36.7 Å². The predicted octanol–water partition coefficient (Wildman–Crippen LogP) is 8.94. The molecule has 5 rings (SSSR count). The molecule has 2 aliphatic heterocycles. The first-order valence-electron chi connectivity index (χ1n) is 15.4. The van der Waals surface area contributed by atoms with Gasteiger partial charge in [-0.1, -0.05) is 37.5 Å². The summed E-state index contributed by atoms with van der Waals surface area (Å²) in [5.41, 5.74) is -0.0628. The molecular formula is C34H34F6INO5. The van der Waals surface area contributed by atoms with Crippen LogP contribution < -0.4 is 9.64 Å². The standard InChI is InChI=1S/C34H34F6INO5/c1-4-6-19-12-23-29(32(45)42(31(23)44)22-14-20(33(35,36)37)13-21(15-22)34(38,39)40)24-16-47-26(28(19)24)8-7-17(5-2)9-18-10-25(41)30(43)27(11-18)46-3/h9-11,13-15,23-24,26,29,43H,4-8,12,16H2,1-3H3/b17-9+/t23-,24+,26-,29-/m1/s1. The van der Waals surface area contributed by atoms with Crippen molar-refractivity contribution < 1.29 is 50.5 Å². The molecule has 0 spiro atoms. The number of benzene rings is 2. The Morgan fingerprint density at radius 3 is 2.26 bits per heavy atom. The summed E-state index contributed by atoms with van der Waals surface area (Å²) in [5.74, 6) is -3.53. The fourth-order valence-corrected chi connectivity index (χ4v) is 7.69. The van der Waals surface area contributed by atoms with E-state index < -0.39 is 58.7 Å². The van der Waals surface area contributed by atoms with Crippen LogP contribution >= 0.6 is 22.6 Å². The van der Waals surface area contributed by atoms with Crippen molar-refractivity contribution in [2.24, 2.45) is 17.8 Å². The fourth-order valence-electron chi connectivity index (χ4n) is 7.07. The van der Waals surface area contributed by atoms with E-state index in [0.717, 1.165) is 35.1 Å². The Labute approximate surface area is 281 Å². The van der Waals surface area contributed by atoms with Crippen LogP contribution in [-0.2, 0) is 26.7 Å². The second-order valence-electron chi connectivity index (χ2n) is 12.1. The van der Waals surface area contributed by atoms with Crippen LogP contribution in [0.5, 0.6) is 11.5 Å². The number of anilines is 1. The van der Waals surface area contributed by atoms with Crippen molar-refractivity contribution in [3.05, 3.63) is 67.3 Å². The smallest absolute Gasteiger partial charge is 0.416 e. The lowest BCUT2D eigenvalue weighted by Crippen LogP contribution is -2.34. The minimum Gasteiger partial charge on any atom is -0.504 e. The number of allylic oxidation sites excluding steroid dienone is 2. The molecule has 1 aliphatic carbocycles. The number of rotatable bonds is 9. The van der Waals surface area contributed by atoms with Gasteiger partial charge in [0.05, 0.1) is 52.0 Å². The topological polar surface area (TPSA) is 76.1 Å². The van der Waals surface area contributed by atoms with Gasteiger partial charge in [-0.15, -0.1) is 0 Å². The van der Waals surface area contributed by atoms with Crippen LogP contribution in [0.3, 0.4) is 0 Å². The molecule has 2 amide bonds. The molecule has 0 saturated carbocycles. The van der Waals surface area contributed by atoms with E-state index in [1.165, 1.54) is 7.11 Å². The number of carbonyl (C=O) groups is 2. The molecule has 2 fully saturated rings. The van der Waals surface area contributed by atoms with E-state index in [1.54, 1.807) is 6.07 Å². The molecule has 13 heteroatoms.